The van der Waals surface area contributed by atoms with Gasteiger partial charge in [-0.3, -0.25) is 10.1 Å². The highest BCUT2D eigenvalue weighted by molar-refractivity contribution is 6.37. The predicted molar refractivity (Wildman–Crippen MR) is 72.6 cm³/mol. The average molecular weight is 327 g/mol. The lowest BCUT2D eigenvalue weighted by Gasteiger charge is -2.39. The lowest BCUT2D eigenvalue weighted by Crippen LogP contribution is -2.52. The minimum atomic E-state index is -0.572. The van der Waals surface area contributed by atoms with Crippen molar-refractivity contribution in [1.29, 1.82) is 0 Å². The van der Waals surface area contributed by atoms with Crippen molar-refractivity contribution in [1.82, 2.24) is 0 Å². The van der Waals surface area contributed by atoms with E-state index in [1.165, 1.54) is 19.2 Å². The fourth-order valence-electron chi connectivity index (χ4n) is 1.86. The van der Waals surface area contributed by atoms with E-state index in [-0.39, 0.29) is 39.1 Å². The number of nitro benzene ring substituents is 1. The lowest BCUT2D eigenvalue weighted by atomic mass is 9.91. The number of hydrogen-bond acceptors (Lipinski definition) is 4. The van der Waals surface area contributed by atoms with Gasteiger partial charge in [0.15, 0.2) is 5.75 Å². The number of alkyl halides is 1. The van der Waals surface area contributed by atoms with Crippen molar-refractivity contribution >= 4 is 40.5 Å². The van der Waals surface area contributed by atoms with Crippen LogP contribution in [-0.2, 0) is 4.74 Å². The molecule has 19 heavy (non-hydrogen) atoms. The summed E-state index contributed by atoms with van der Waals surface area (Å²) < 4.78 is 10.8. The van der Waals surface area contributed by atoms with Crippen LogP contribution in [0.5, 0.6) is 5.75 Å². The van der Waals surface area contributed by atoms with E-state index in [1.54, 1.807) is 0 Å². The summed E-state index contributed by atoms with van der Waals surface area (Å²) in [5.74, 6) is 0.213. The average Bonchev–Trinajstić information content (AvgIpc) is 2.32. The van der Waals surface area contributed by atoms with E-state index in [1.807, 2.05) is 0 Å². The summed E-state index contributed by atoms with van der Waals surface area (Å²) >= 11 is 17.8. The zero-order valence-electron chi connectivity index (χ0n) is 9.81. The molecule has 2 rings (SSSR count). The normalized spacial score (nSPS) is 25.8. The first-order valence-electron chi connectivity index (χ1n) is 5.41. The van der Waals surface area contributed by atoms with Crippen LogP contribution in [0.2, 0.25) is 10.0 Å². The fraction of sp³-hybridized carbons (Fsp3) is 0.455. The van der Waals surface area contributed by atoms with Gasteiger partial charge in [0.25, 0.3) is 5.69 Å². The first-order valence-corrected chi connectivity index (χ1v) is 6.60. The number of rotatable bonds is 4. The van der Waals surface area contributed by atoms with Crippen LogP contribution < -0.4 is 4.74 Å². The van der Waals surface area contributed by atoms with Gasteiger partial charge in [0.05, 0.1) is 20.3 Å². The van der Waals surface area contributed by atoms with Crippen LogP contribution >= 0.6 is 34.8 Å². The summed E-state index contributed by atoms with van der Waals surface area (Å²) in [5.41, 5.74) is -0.186. The van der Waals surface area contributed by atoms with E-state index in [0.29, 0.717) is 6.42 Å². The quantitative estimate of drug-likeness (QED) is 0.481. The molecule has 5 nitrogen and oxygen atoms in total. The molecule has 1 aromatic carbocycles. The van der Waals surface area contributed by atoms with E-state index >= 15 is 0 Å². The topological polar surface area (TPSA) is 61.6 Å². The molecule has 3 unspecified atom stereocenters. The second-order valence-corrected chi connectivity index (χ2v) is 5.48. The van der Waals surface area contributed by atoms with Crippen LogP contribution in [0.3, 0.4) is 0 Å². The first kappa shape index (κ1) is 14.7. The number of ether oxygens (including phenoxy) is 2. The van der Waals surface area contributed by atoms with Gasteiger partial charge in [0, 0.05) is 25.7 Å². The van der Waals surface area contributed by atoms with Crippen LogP contribution in [0.4, 0.5) is 5.69 Å². The fourth-order valence-corrected chi connectivity index (χ4v) is 2.86. The first-order chi connectivity index (χ1) is 8.93. The zero-order chi connectivity index (χ0) is 14.2. The van der Waals surface area contributed by atoms with Gasteiger partial charge in [0.2, 0.25) is 0 Å². The standard InChI is InChI=1S/C11H10Cl3NO4/c1-18-11-8(14)4-9(11)19-10-6(12)2-5(15(16)17)3-7(10)13/h2-3,8-9,11H,4H2,1H3. The largest absolute Gasteiger partial charge is 0.484 e. The molecular weight excluding hydrogens is 316 g/mol. The van der Waals surface area contributed by atoms with Crippen molar-refractivity contribution in [3.05, 3.63) is 32.3 Å². The van der Waals surface area contributed by atoms with Crippen molar-refractivity contribution < 1.29 is 14.4 Å². The third-order valence-corrected chi connectivity index (χ3v) is 3.90. The van der Waals surface area contributed by atoms with E-state index in [2.05, 4.69) is 0 Å². The molecule has 0 bridgehead atoms. The highest BCUT2D eigenvalue weighted by Crippen LogP contribution is 2.40. The van der Waals surface area contributed by atoms with Crippen LogP contribution in [0.25, 0.3) is 0 Å². The zero-order valence-corrected chi connectivity index (χ0v) is 12.1. The maximum atomic E-state index is 10.7. The van der Waals surface area contributed by atoms with E-state index < -0.39 is 4.92 Å². The summed E-state index contributed by atoms with van der Waals surface area (Å²) in [7, 11) is 1.54. The second-order valence-electron chi connectivity index (χ2n) is 4.10. The monoisotopic (exact) mass is 325 g/mol. The van der Waals surface area contributed by atoms with Gasteiger partial charge < -0.3 is 9.47 Å². The van der Waals surface area contributed by atoms with Crippen LogP contribution in [0, 0.1) is 10.1 Å². The smallest absolute Gasteiger partial charge is 0.272 e. The summed E-state index contributed by atoms with van der Waals surface area (Å²) in [5, 5.41) is 10.7. The third kappa shape index (κ3) is 2.89. The Morgan fingerprint density at radius 3 is 2.37 bits per heavy atom. The Morgan fingerprint density at radius 1 is 1.37 bits per heavy atom. The minimum Gasteiger partial charge on any atom is -0.484 e. The molecule has 0 aromatic heterocycles. The molecule has 104 valence electrons. The molecule has 1 saturated carbocycles. The molecule has 1 aromatic rings. The number of halogens is 3. The Bertz CT molecular complexity index is 488. The highest BCUT2D eigenvalue weighted by Gasteiger charge is 2.42. The van der Waals surface area contributed by atoms with Gasteiger partial charge >= 0.3 is 0 Å². The van der Waals surface area contributed by atoms with Gasteiger partial charge in [0.1, 0.15) is 12.2 Å². The number of methoxy groups -OCH3 is 1. The minimum absolute atomic E-state index is 0.0899. The molecule has 1 fully saturated rings. The molecule has 0 radical (unpaired) electrons. The molecule has 3 atom stereocenters. The Hall–Kier alpha value is -0.750. The predicted octanol–water partition coefficient (Wildman–Crippen LogP) is 3.68. The van der Waals surface area contributed by atoms with Crippen LogP contribution in [0.15, 0.2) is 12.1 Å². The third-order valence-electron chi connectivity index (χ3n) is 2.92. The lowest BCUT2D eigenvalue weighted by molar-refractivity contribution is -0.384. The van der Waals surface area contributed by atoms with E-state index in [4.69, 9.17) is 44.3 Å². The Kier molecular flexibility index (Phi) is 4.40. The summed E-state index contributed by atoms with van der Waals surface area (Å²) in [6.45, 7) is 0. The molecule has 8 heteroatoms. The molecule has 0 heterocycles. The Labute approximate surface area is 124 Å². The molecule has 0 N–H and O–H groups in total. The van der Waals surface area contributed by atoms with E-state index in [9.17, 15) is 10.1 Å². The number of hydrogen-bond donors (Lipinski definition) is 0. The van der Waals surface area contributed by atoms with Gasteiger partial charge in [-0.15, -0.1) is 11.6 Å². The molecule has 0 amide bonds. The molecule has 0 aliphatic heterocycles. The van der Waals surface area contributed by atoms with Crippen molar-refractivity contribution in [3.63, 3.8) is 0 Å². The maximum Gasteiger partial charge on any atom is 0.272 e. The summed E-state index contributed by atoms with van der Waals surface area (Å²) in [4.78, 5) is 10.1. The molecule has 1 aliphatic carbocycles. The molecule has 1 aliphatic rings. The van der Waals surface area contributed by atoms with E-state index in [0.717, 1.165) is 0 Å². The summed E-state index contributed by atoms with van der Waals surface area (Å²) in [6.07, 6.45) is 0.0944. The van der Waals surface area contributed by atoms with Gasteiger partial charge in [-0.05, 0) is 0 Å². The highest BCUT2D eigenvalue weighted by atomic mass is 35.5. The molecule has 0 saturated heterocycles. The number of nitro groups is 1. The van der Waals surface area contributed by atoms with Crippen molar-refractivity contribution in [3.8, 4) is 5.75 Å². The van der Waals surface area contributed by atoms with Gasteiger partial charge in [-0.2, -0.15) is 0 Å². The van der Waals surface area contributed by atoms with Crippen LogP contribution in [-0.4, -0.2) is 29.6 Å². The Morgan fingerprint density at radius 2 is 1.95 bits per heavy atom. The van der Waals surface area contributed by atoms with Crippen molar-refractivity contribution in [2.24, 2.45) is 0 Å². The van der Waals surface area contributed by atoms with Crippen LogP contribution in [0.1, 0.15) is 6.42 Å². The Balaban J connectivity index is 2.20. The number of non-ortho nitro benzene ring substituents is 1. The maximum absolute atomic E-state index is 10.7. The second kappa shape index (κ2) is 5.71. The molecular formula is C11H10Cl3NO4. The van der Waals surface area contributed by atoms with Crippen molar-refractivity contribution in [2.45, 2.75) is 24.0 Å². The SMILES string of the molecule is COC1C(Cl)CC1Oc1c(Cl)cc([N+](=O)[O-])cc1Cl. The van der Waals surface area contributed by atoms with Gasteiger partial charge in [-0.1, -0.05) is 23.2 Å². The number of benzene rings is 1. The number of nitrogens with zero attached hydrogens (tertiary/aromatic N) is 1. The van der Waals surface area contributed by atoms with Crippen molar-refractivity contribution in [2.75, 3.05) is 7.11 Å². The summed E-state index contributed by atoms with van der Waals surface area (Å²) in [6, 6.07) is 2.39. The van der Waals surface area contributed by atoms with Gasteiger partial charge in [-0.25, -0.2) is 0 Å². The molecule has 0 spiro atoms.